The molecular weight excluding hydrogens is 383 g/mol. The Hall–Kier alpha value is -1.56. The third-order valence-corrected chi connectivity index (χ3v) is 5.10. The number of aromatic nitrogens is 2. The van der Waals surface area contributed by atoms with Gasteiger partial charge in [-0.1, -0.05) is 37.0 Å². The molecule has 0 fully saturated rings. The zero-order valence-electron chi connectivity index (χ0n) is 16.2. The van der Waals surface area contributed by atoms with Crippen LogP contribution in [0.5, 0.6) is 5.75 Å². The van der Waals surface area contributed by atoms with Crippen molar-refractivity contribution >= 4 is 29.0 Å². The van der Waals surface area contributed by atoms with E-state index in [1.165, 1.54) is 0 Å². The Morgan fingerprint density at radius 1 is 1.15 bits per heavy atom. The minimum absolute atomic E-state index is 0.268. The van der Waals surface area contributed by atoms with Crippen LogP contribution >= 0.6 is 23.2 Å². The Balaban J connectivity index is 1.82. The van der Waals surface area contributed by atoms with Crippen LogP contribution in [0.1, 0.15) is 39.4 Å². The van der Waals surface area contributed by atoms with Crippen molar-refractivity contribution in [3.05, 3.63) is 46.3 Å². The summed E-state index contributed by atoms with van der Waals surface area (Å²) in [6.07, 6.45) is 4.00. The molecule has 0 bridgehead atoms. The molecule has 0 aliphatic heterocycles. The van der Waals surface area contributed by atoms with Gasteiger partial charge in [-0.15, -0.1) is 0 Å². The second kappa shape index (κ2) is 11.3. The van der Waals surface area contributed by atoms with Crippen LogP contribution in [0.15, 0.2) is 30.5 Å². The molecule has 1 heterocycles. The highest BCUT2D eigenvalue weighted by molar-refractivity contribution is 6.42. The number of rotatable bonds is 11. The quantitative estimate of drug-likeness (QED) is 0.545. The van der Waals surface area contributed by atoms with Crippen molar-refractivity contribution in [2.24, 2.45) is 0 Å². The first-order valence-corrected chi connectivity index (χ1v) is 10.2. The summed E-state index contributed by atoms with van der Waals surface area (Å²) in [6.45, 7) is 10.2. The Bertz CT molecular complexity index is 710. The van der Waals surface area contributed by atoms with Crippen LogP contribution in [0.25, 0.3) is 0 Å². The van der Waals surface area contributed by atoms with Gasteiger partial charge in [-0.3, -0.25) is 0 Å². The molecule has 7 heteroatoms. The molecule has 0 aliphatic rings. The minimum atomic E-state index is 0.268. The van der Waals surface area contributed by atoms with E-state index < -0.39 is 0 Å². The molecular formula is C20H28Cl2N4O. The van der Waals surface area contributed by atoms with Gasteiger partial charge in [0, 0.05) is 18.3 Å². The van der Waals surface area contributed by atoms with E-state index in [9.17, 15) is 0 Å². The molecule has 1 unspecified atom stereocenters. The van der Waals surface area contributed by atoms with E-state index in [0.717, 1.165) is 38.3 Å². The Labute approximate surface area is 172 Å². The highest BCUT2D eigenvalue weighted by Gasteiger charge is 2.07. The molecule has 2 aromatic rings. The maximum absolute atomic E-state index is 6.00. The van der Waals surface area contributed by atoms with E-state index in [-0.39, 0.29) is 6.61 Å². The van der Waals surface area contributed by atoms with E-state index in [1.807, 2.05) is 6.07 Å². The lowest BCUT2D eigenvalue weighted by atomic mass is 10.1. The topological polar surface area (TPSA) is 50.3 Å². The van der Waals surface area contributed by atoms with Gasteiger partial charge in [0.2, 0.25) is 0 Å². The first-order chi connectivity index (χ1) is 13.0. The fourth-order valence-electron chi connectivity index (χ4n) is 2.75. The zero-order chi connectivity index (χ0) is 19.6. The molecule has 0 saturated carbocycles. The molecule has 1 atom stereocenters. The highest BCUT2D eigenvalue weighted by Crippen LogP contribution is 2.26. The van der Waals surface area contributed by atoms with Gasteiger partial charge in [0.1, 0.15) is 18.2 Å². The summed E-state index contributed by atoms with van der Waals surface area (Å²) in [5.74, 6) is 2.06. The molecule has 0 radical (unpaired) electrons. The van der Waals surface area contributed by atoms with Crippen molar-refractivity contribution in [1.82, 2.24) is 14.9 Å². The fraction of sp³-hybridized carbons (Fsp3) is 0.500. The molecule has 1 aromatic carbocycles. The molecule has 2 rings (SSSR count). The molecule has 1 aromatic heterocycles. The average Bonchev–Trinajstić information content (AvgIpc) is 2.66. The molecule has 27 heavy (non-hydrogen) atoms. The van der Waals surface area contributed by atoms with E-state index in [4.69, 9.17) is 27.9 Å². The first-order valence-electron chi connectivity index (χ1n) is 9.40. The molecule has 1 N–H and O–H groups in total. The second-order valence-electron chi connectivity index (χ2n) is 6.44. The van der Waals surface area contributed by atoms with Gasteiger partial charge < -0.3 is 15.0 Å². The molecule has 0 saturated heterocycles. The van der Waals surface area contributed by atoms with E-state index in [0.29, 0.717) is 27.7 Å². The summed E-state index contributed by atoms with van der Waals surface area (Å²) >= 11 is 11.9. The number of ether oxygens (including phenoxy) is 1. The van der Waals surface area contributed by atoms with Crippen LogP contribution in [0, 0.1) is 0 Å². The third-order valence-electron chi connectivity index (χ3n) is 4.36. The van der Waals surface area contributed by atoms with Crippen LogP contribution in [0.3, 0.4) is 0 Å². The van der Waals surface area contributed by atoms with Gasteiger partial charge in [-0.05, 0) is 57.6 Å². The van der Waals surface area contributed by atoms with Gasteiger partial charge in [0.15, 0.2) is 5.82 Å². The molecule has 5 nitrogen and oxygen atoms in total. The number of nitrogens with zero attached hydrogens (tertiary/aromatic N) is 3. The molecule has 0 spiro atoms. The van der Waals surface area contributed by atoms with Gasteiger partial charge in [-0.2, -0.15) is 0 Å². The maximum atomic E-state index is 6.00. The zero-order valence-corrected chi connectivity index (χ0v) is 17.7. The summed E-state index contributed by atoms with van der Waals surface area (Å²) in [7, 11) is 0. The average molecular weight is 411 g/mol. The largest absolute Gasteiger partial charge is 0.486 e. The standard InChI is InChI=1S/C20H28Cl2N4O/c1-4-26(5-2)12-6-7-15(3)24-19-10-11-23-20(25-19)14-27-16-8-9-17(21)18(22)13-16/h8-11,13,15H,4-7,12,14H2,1-3H3,(H,23,24,25). The number of hydrogen-bond acceptors (Lipinski definition) is 5. The van der Waals surface area contributed by atoms with Crippen molar-refractivity contribution in [3.8, 4) is 5.75 Å². The Kier molecular flexibility index (Phi) is 9.11. The summed E-state index contributed by atoms with van der Waals surface area (Å²) in [4.78, 5) is 11.2. The lowest BCUT2D eigenvalue weighted by Crippen LogP contribution is -2.25. The van der Waals surface area contributed by atoms with Crippen molar-refractivity contribution in [3.63, 3.8) is 0 Å². The smallest absolute Gasteiger partial charge is 0.168 e. The van der Waals surface area contributed by atoms with Crippen LogP contribution in [-0.4, -0.2) is 40.5 Å². The summed E-state index contributed by atoms with van der Waals surface area (Å²) in [5, 5.41) is 4.41. The van der Waals surface area contributed by atoms with Gasteiger partial charge in [-0.25, -0.2) is 9.97 Å². The number of anilines is 1. The van der Waals surface area contributed by atoms with Crippen LogP contribution < -0.4 is 10.1 Å². The third kappa shape index (κ3) is 7.53. The summed E-state index contributed by atoms with van der Waals surface area (Å²) in [6, 6.07) is 7.39. The monoisotopic (exact) mass is 410 g/mol. The Morgan fingerprint density at radius 3 is 2.63 bits per heavy atom. The first kappa shape index (κ1) is 21.7. The molecule has 0 aliphatic carbocycles. The van der Waals surface area contributed by atoms with Gasteiger partial charge >= 0.3 is 0 Å². The van der Waals surface area contributed by atoms with E-state index in [1.54, 1.807) is 24.4 Å². The van der Waals surface area contributed by atoms with Crippen molar-refractivity contribution in [2.75, 3.05) is 25.0 Å². The minimum Gasteiger partial charge on any atom is -0.486 e. The summed E-state index contributed by atoms with van der Waals surface area (Å²) < 4.78 is 5.70. The highest BCUT2D eigenvalue weighted by atomic mass is 35.5. The normalized spacial score (nSPS) is 12.2. The summed E-state index contributed by atoms with van der Waals surface area (Å²) in [5.41, 5.74) is 0. The number of halogens is 2. The van der Waals surface area contributed by atoms with Crippen molar-refractivity contribution in [1.29, 1.82) is 0 Å². The Morgan fingerprint density at radius 2 is 1.93 bits per heavy atom. The second-order valence-corrected chi connectivity index (χ2v) is 7.25. The van der Waals surface area contributed by atoms with Crippen LogP contribution in [-0.2, 0) is 6.61 Å². The number of nitrogens with one attached hydrogen (secondary N) is 1. The lowest BCUT2D eigenvalue weighted by molar-refractivity contribution is 0.294. The predicted molar refractivity (Wildman–Crippen MR) is 113 cm³/mol. The van der Waals surface area contributed by atoms with Gasteiger partial charge in [0.25, 0.3) is 0 Å². The van der Waals surface area contributed by atoms with Crippen molar-refractivity contribution in [2.45, 2.75) is 46.3 Å². The molecule has 148 valence electrons. The van der Waals surface area contributed by atoms with E-state index >= 15 is 0 Å². The fourth-order valence-corrected chi connectivity index (χ4v) is 3.04. The number of benzene rings is 1. The van der Waals surface area contributed by atoms with Crippen molar-refractivity contribution < 1.29 is 4.74 Å². The SMILES string of the molecule is CCN(CC)CCCC(C)Nc1ccnc(COc2ccc(Cl)c(Cl)c2)n1. The van der Waals surface area contributed by atoms with Crippen LogP contribution in [0.4, 0.5) is 5.82 Å². The molecule has 0 amide bonds. The van der Waals surface area contributed by atoms with Crippen LogP contribution in [0.2, 0.25) is 10.0 Å². The lowest BCUT2D eigenvalue weighted by Gasteiger charge is -2.20. The predicted octanol–water partition coefficient (Wildman–Crippen LogP) is 5.28. The van der Waals surface area contributed by atoms with E-state index in [2.05, 4.69) is 41.0 Å². The maximum Gasteiger partial charge on any atom is 0.168 e. The van der Waals surface area contributed by atoms with Gasteiger partial charge in [0.05, 0.1) is 10.0 Å². The number of hydrogen-bond donors (Lipinski definition) is 1.